The minimum absolute atomic E-state index is 0.0608. The van der Waals surface area contributed by atoms with Crippen LogP contribution in [0.2, 0.25) is 0 Å². The summed E-state index contributed by atoms with van der Waals surface area (Å²) in [5.41, 5.74) is 8.48. The van der Waals surface area contributed by atoms with Gasteiger partial charge in [0.15, 0.2) is 0 Å². The van der Waals surface area contributed by atoms with Gasteiger partial charge in [-0.1, -0.05) is 30.3 Å². The first kappa shape index (κ1) is 13.3. The molecule has 1 aromatic carbocycles. The zero-order chi connectivity index (χ0) is 13.9. The lowest BCUT2D eigenvalue weighted by molar-refractivity contribution is -0.133. The number of fused-ring (bicyclic) bond motifs is 1. The number of hydrogen-bond acceptors (Lipinski definition) is 3. The molecule has 0 bridgehead atoms. The number of amides is 1. The summed E-state index contributed by atoms with van der Waals surface area (Å²) in [4.78, 5) is 15.7. The second-order valence-electron chi connectivity index (χ2n) is 5.18. The second-order valence-corrected chi connectivity index (χ2v) is 6.18. The number of nitrogens with zero attached hydrogens (tertiary/aromatic N) is 1. The van der Waals surface area contributed by atoms with E-state index in [4.69, 9.17) is 5.73 Å². The van der Waals surface area contributed by atoms with Gasteiger partial charge in [0.05, 0.1) is 6.04 Å². The zero-order valence-electron chi connectivity index (χ0n) is 11.3. The second kappa shape index (κ2) is 5.77. The number of thiophene rings is 1. The predicted octanol–water partition coefficient (Wildman–Crippen LogP) is 2.20. The molecular formula is C16H18N2OS. The Morgan fingerprint density at radius 2 is 2.10 bits per heavy atom. The summed E-state index contributed by atoms with van der Waals surface area (Å²) in [6.45, 7) is 1.50. The van der Waals surface area contributed by atoms with E-state index in [0.717, 1.165) is 18.5 Å². The molecule has 1 aliphatic rings. The number of hydrogen-bond donors (Lipinski definition) is 1. The number of nitrogens with two attached hydrogens (primary N) is 1. The van der Waals surface area contributed by atoms with Gasteiger partial charge >= 0.3 is 0 Å². The van der Waals surface area contributed by atoms with Crippen molar-refractivity contribution in [3.63, 3.8) is 0 Å². The summed E-state index contributed by atoms with van der Waals surface area (Å²) < 4.78 is 0. The molecular weight excluding hydrogens is 268 g/mol. The lowest BCUT2D eigenvalue weighted by Crippen LogP contribution is -2.46. The highest BCUT2D eigenvalue weighted by molar-refractivity contribution is 7.10. The number of benzene rings is 1. The lowest BCUT2D eigenvalue weighted by Gasteiger charge is -2.29. The summed E-state index contributed by atoms with van der Waals surface area (Å²) in [5, 5.41) is 2.10. The highest BCUT2D eigenvalue weighted by Crippen LogP contribution is 2.24. The maximum atomic E-state index is 12.4. The van der Waals surface area contributed by atoms with Gasteiger partial charge in [0.1, 0.15) is 0 Å². The zero-order valence-corrected chi connectivity index (χ0v) is 12.1. The molecule has 2 N–H and O–H groups in total. The summed E-state index contributed by atoms with van der Waals surface area (Å²) in [6.07, 6.45) is 1.56. The molecule has 0 spiro atoms. The molecule has 2 aromatic rings. The standard InChI is InChI=1S/C16H18N2OS/c17-14(10-12-4-2-1-3-5-12)16(19)18-8-6-15-13(11-18)7-9-20-15/h1-5,7,9,14H,6,8,10-11,17H2/t14-/m0/s1. The fourth-order valence-corrected chi connectivity index (χ4v) is 3.52. The molecule has 0 aliphatic carbocycles. The van der Waals surface area contributed by atoms with Crippen LogP contribution >= 0.6 is 11.3 Å². The Labute approximate surface area is 123 Å². The fraction of sp³-hybridized carbons (Fsp3) is 0.312. The normalized spacial score (nSPS) is 15.8. The maximum Gasteiger partial charge on any atom is 0.240 e. The van der Waals surface area contributed by atoms with Gasteiger partial charge in [-0.15, -0.1) is 11.3 Å². The van der Waals surface area contributed by atoms with Crippen LogP contribution in [-0.4, -0.2) is 23.4 Å². The predicted molar refractivity (Wildman–Crippen MR) is 81.6 cm³/mol. The van der Waals surface area contributed by atoms with Crippen molar-refractivity contribution < 1.29 is 4.79 Å². The molecule has 20 heavy (non-hydrogen) atoms. The molecule has 3 rings (SSSR count). The van der Waals surface area contributed by atoms with Gasteiger partial charge in [-0.25, -0.2) is 0 Å². The molecule has 3 nitrogen and oxygen atoms in total. The summed E-state index contributed by atoms with van der Waals surface area (Å²) in [5.74, 6) is 0.0608. The third-order valence-electron chi connectivity index (χ3n) is 3.73. The van der Waals surface area contributed by atoms with Gasteiger partial charge in [0.25, 0.3) is 0 Å². The molecule has 0 saturated carbocycles. The Hall–Kier alpha value is -1.65. The topological polar surface area (TPSA) is 46.3 Å². The van der Waals surface area contributed by atoms with E-state index in [2.05, 4.69) is 11.4 Å². The van der Waals surface area contributed by atoms with Crippen LogP contribution in [0.5, 0.6) is 0 Å². The van der Waals surface area contributed by atoms with Gasteiger partial charge in [0, 0.05) is 18.0 Å². The van der Waals surface area contributed by atoms with Crippen LogP contribution in [0, 0.1) is 0 Å². The van der Waals surface area contributed by atoms with Crippen molar-refractivity contribution in [1.29, 1.82) is 0 Å². The third kappa shape index (κ3) is 2.76. The minimum atomic E-state index is -0.447. The fourth-order valence-electron chi connectivity index (χ4n) is 2.63. The van der Waals surface area contributed by atoms with Crippen molar-refractivity contribution in [2.45, 2.75) is 25.4 Å². The quantitative estimate of drug-likeness (QED) is 0.940. The van der Waals surface area contributed by atoms with Crippen LogP contribution < -0.4 is 5.73 Å². The molecule has 0 saturated heterocycles. The van der Waals surface area contributed by atoms with Crippen molar-refractivity contribution >= 4 is 17.2 Å². The van der Waals surface area contributed by atoms with Gasteiger partial charge in [-0.2, -0.15) is 0 Å². The number of rotatable bonds is 3. The molecule has 0 unspecified atom stereocenters. The first-order valence-corrected chi connectivity index (χ1v) is 7.75. The van der Waals surface area contributed by atoms with E-state index in [9.17, 15) is 4.79 Å². The SMILES string of the molecule is N[C@@H](Cc1ccccc1)C(=O)N1CCc2sccc2C1. The van der Waals surface area contributed by atoms with E-state index in [-0.39, 0.29) is 5.91 Å². The highest BCUT2D eigenvalue weighted by Gasteiger charge is 2.25. The Kier molecular flexibility index (Phi) is 3.85. The molecule has 1 amide bonds. The van der Waals surface area contributed by atoms with E-state index >= 15 is 0 Å². The molecule has 104 valence electrons. The first-order chi connectivity index (χ1) is 9.74. The Morgan fingerprint density at radius 1 is 1.30 bits per heavy atom. The van der Waals surface area contributed by atoms with Crippen LogP contribution in [0.3, 0.4) is 0 Å². The van der Waals surface area contributed by atoms with Crippen LogP contribution in [0.1, 0.15) is 16.0 Å². The first-order valence-electron chi connectivity index (χ1n) is 6.87. The Morgan fingerprint density at radius 3 is 2.90 bits per heavy atom. The minimum Gasteiger partial charge on any atom is -0.337 e. The Bertz CT molecular complexity index is 594. The van der Waals surface area contributed by atoms with E-state index in [0.29, 0.717) is 13.0 Å². The number of carbonyl (C=O) groups excluding carboxylic acids is 1. The number of carbonyl (C=O) groups is 1. The summed E-state index contributed by atoms with van der Waals surface area (Å²) in [7, 11) is 0. The highest BCUT2D eigenvalue weighted by atomic mass is 32.1. The van der Waals surface area contributed by atoms with Gasteiger partial charge < -0.3 is 10.6 Å². The average molecular weight is 286 g/mol. The summed E-state index contributed by atoms with van der Waals surface area (Å²) >= 11 is 1.78. The largest absolute Gasteiger partial charge is 0.337 e. The van der Waals surface area contributed by atoms with Crippen molar-refractivity contribution in [2.75, 3.05) is 6.54 Å². The van der Waals surface area contributed by atoms with Crippen LogP contribution in [0.4, 0.5) is 0 Å². The lowest BCUT2D eigenvalue weighted by atomic mass is 10.0. The van der Waals surface area contributed by atoms with Gasteiger partial charge in [-0.3, -0.25) is 4.79 Å². The third-order valence-corrected chi connectivity index (χ3v) is 4.76. The smallest absolute Gasteiger partial charge is 0.240 e. The summed E-state index contributed by atoms with van der Waals surface area (Å²) in [6, 6.07) is 11.6. The van der Waals surface area contributed by atoms with Crippen molar-refractivity contribution in [2.24, 2.45) is 5.73 Å². The molecule has 1 atom stereocenters. The molecule has 1 aliphatic heterocycles. The monoisotopic (exact) mass is 286 g/mol. The van der Waals surface area contributed by atoms with E-state index < -0.39 is 6.04 Å². The molecule has 2 heterocycles. The average Bonchev–Trinajstić information content (AvgIpc) is 2.94. The van der Waals surface area contributed by atoms with Gasteiger partial charge in [-0.05, 0) is 35.4 Å². The van der Waals surface area contributed by atoms with Crippen LogP contribution in [-0.2, 0) is 24.2 Å². The molecule has 0 fully saturated rings. The van der Waals surface area contributed by atoms with Crippen LogP contribution in [0.15, 0.2) is 41.8 Å². The van der Waals surface area contributed by atoms with Crippen molar-refractivity contribution in [3.05, 3.63) is 57.8 Å². The molecule has 1 aromatic heterocycles. The van der Waals surface area contributed by atoms with Crippen molar-refractivity contribution in [3.8, 4) is 0 Å². The van der Waals surface area contributed by atoms with Crippen LogP contribution in [0.25, 0.3) is 0 Å². The van der Waals surface area contributed by atoms with E-state index in [1.54, 1.807) is 11.3 Å². The Balaban J connectivity index is 1.64. The molecule has 0 radical (unpaired) electrons. The van der Waals surface area contributed by atoms with Crippen molar-refractivity contribution in [1.82, 2.24) is 4.90 Å². The maximum absolute atomic E-state index is 12.4. The van der Waals surface area contributed by atoms with E-state index in [1.807, 2.05) is 35.2 Å². The van der Waals surface area contributed by atoms with E-state index in [1.165, 1.54) is 10.4 Å². The molecule has 4 heteroatoms. The van der Waals surface area contributed by atoms with Gasteiger partial charge in [0.2, 0.25) is 5.91 Å².